The van der Waals surface area contributed by atoms with E-state index in [0.29, 0.717) is 11.8 Å². The van der Waals surface area contributed by atoms with Crippen molar-refractivity contribution in [2.45, 2.75) is 50.4 Å². The summed E-state index contributed by atoms with van der Waals surface area (Å²) in [6.07, 6.45) is 7.49. The molecule has 1 atom stereocenters. The number of nitrogens with one attached hydrogen (secondary N) is 1. The molecule has 5 heteroatoms. The van der Waals surface area contributed by atoms with Crippen LogP contribution in [0.5, 0.6) is 0 Å². The summed E-state index contributed by atoms with van der Waals surface area (Å²) < 4.78 is 5.41. The average molecular weight is 258 g/mol. The number of rotatable bonds is 2. The van der Waals surface area contributed by atoms with E-state index in [9.17, 15) is 0 Å². The van der Waals surface area contributed by atoms with Gasteiger partial charge in [0.2, 0.25) is 5.89 Å². The summed E-state index contributed by atoms with van der Waals surface area (Å²) >= 11 is 0. The first-order valence-electron chi connectivity index (χ1n) is 6.47. The lowest BCUT2D eigenvalue weighted by Crippen LogP contribution is -2.28. The molecule has 0 amide bonds. The predicted molar refractivity (Wildman–Crippen MR) is 67.6 cm³/mol. The summed E-state index contributed by atoms with van der Waals surface area (Å²) in [6.45, 7) is 2.13. The molecule has 0 radical (unpaired) electrons. The van der Waals surface area contributed by atoms with Gasteiger partial charge in [-0.1, -0.05) is 18.0 Å². The standard InChI is InChI=1S/C12H19N3O.ClH/c1-2-5-9(4-1)12-14-11(15-16-12)10-6-3-7-13-8-10;/h9-10,13H,1-8H2;1H. The van der Waals surface area contributed by atoms with Gasteiger partial charge in [0, 0.05) is 18.4 Å². The Morgan fingerprint density at radius 1 is 1.06 bits per heavy atom. The maximum Gasteiger partial charge on any atom is 0.229 e. The van der Waals surface area contributed by atoms with E-state index in [1.165, 1.54) is 38.5 Å². The molecule has 0 aromatic carbocycles. The summed E-state index contributed by atoms with van der Waals surface area (Å²) in [5, 5.41) is 7.55. The third-order valence-corrected chi connectivity index (χ3v) is 3.82. The van der Waals surface area contributed by atoms with Gasteiger partial charge in [0.15, 0.2) is 5.82 Å². The molecule has 2 heterocycles. The summed E-state index contributed by atoms with van der Waals surface area (Å²) in [7, 11) is 0. The lowest BCUT2D eigenvalue weighted by molar-refractivity contribution is 0.343. The van der Waals surface area contributed by atoms with Gasteiger partial charge in [-0.15, -0.1) is 12.4 Å². The molecule has 1 aliphatic heterocycles. The molecule has 1 saturated carbocycles. The topological polar surface area (TPSA) is 51.0 Å². The first-order chi connectivity index (χ1) is 7.93. The van der Waals surface area contributed by atoms with Gasteiger partial charge in [0.25, 0.3) is 0 Å². The highest BCUT2D eigenvalue weighted by Gasteiger charge is 2.26. The van der Waals surface area contributed by atoms with Crippen LogP contribution in [0.1, 0.15) is 62.1 Å². The molecule has 1 aromatic rings. The molecule has 1 saturated heterocycles. The molecule has 2 aliphatic rings. The van der Waals surface area contributed by atoms with E-state index >= 15 is 0 Å². The van der Waals surface area contributed by atoms with Crippen molar-refractivity contribution in [1.82, 2.24) is 15.5 Å². The molecule has 17 heavy (non-hydrogen) atoms. The second kappa shape index (κ2) is 5.83. The largest absolute Gasteiger partial charge is 0.339 e. The minimum atomic E-state index is 0. The lowest BCUT2D eigenvalue weighted by Gasteiger charge is -2.19. The summed E-state index contributed by atoms with van der Waals surface area (Å²) in [6, 6.07) is 0. The molecular formula is C12H20ClN3O. The van der Waals surface area contributed by atoms with Crippen molar-refractivity contribution < 1.29 is 4.52 Å². The van der Waals surface area contributed by atoms with Crippen LogP contribution in [0.25, 0.3) is 0 Å². The summed E-state index contributed by atoms with van der Waals surface area (Å²) in [5.41, 5.74) is 0. The fourth-order valence-electron chi connectivity index (χ4n) is 2.82. The van der Waals surface area contributed by atoms with Gasteiger partial charge in [-0.2, -0.15) is 4.98 Å². The number of hydrogen-bond acceptors (Lipinski definition) is 4. The Kier molecular flexibility index (Phi) is 4.40. The Morgan fingerprint density at radius 2 is 1.82 bits per heavy atom. The van der Waals surface area contributed by atoms with E-state index < -0.39 is 0 Å². The maximum absolute atomic E-state index is 5.41. The van der Waals surface area contributed by atoms with Crippen LogP contribution in [0, 0.1) is 0 Å². The van der Waals surface area contributed by atoms with Crippen molar-refractivity contribution in [3.8, 4) is 0 Å². The molecule has 4 nitrogen and oxygen atoms in total. The van der Waals surface area contributed by atoms with E-state index in [1.807, 2.05) is 0 Å². The van der Waals surface area contributed by atoms with Crippen LogP contribution in [-0.2, 0) is 0 Å². The van der Waals surface area contributed by atoms with Crippen LogP contribution in [0.3, 0.4) is 0 Å². The zero-order valence-corrected chi connectivity index (χ0v) is 10.8. The van der Waals surface area contributed by atoms with Crippen LogP contribution >= 0.6 is 12.4 Å². The molecule has 1 N–H and O–H groups in total. The van der Waals surface area contributed by atoms with Gasteiger partial charge < -0.3 is 9.84 Å². The van der Waals surface area contributed by atoms with Crippen molar-refractivity contribution in [1.29, 1.82) is 0 Å². The van der Waals surface area contributed by atoms with Crippen LogP contribution < -0.4 is 5.32 Å². The Hall–Kier alpha value is -0.610. The minimum Gasteiger partial charge on any atom is -0.339 e. The second-order valence-corrected chi connectivity index (χ2v) is 5.02. The second-order valence-electron chi connectivity index (χ2n) is 5.02. The molecule has 0 spiro atoms. The highest BCUT2D eigenvalue weighted by molar-refractivity contribution is 5.85. The van der Waals surface area contributed by atoms with E-state index in [0.717, 1.165) is 24.8 Å². The molecule has 1 aliphatic carbocycles. The fraction of sp³-hybridized carbons (Fsp3) is 0.833. The first-order valence-corrected chi connectivity index (χ1v) is 6.47. The van der Waals surface area contributed by atoms with Crippen molar-refractivity contribution in [3.05, 3.63) is 11.7 Å². The number of nitrogens with zero attached hydrogens (tertiary/aromatic N) is 2. The number of piperidine rings is 1. The molecule has 1 aromatic heterocycles. The number of hydrogen-bond donors (Lipinski definition) is 1. The van der Waals surface area contributed by atoms with Crippen molar-refractivity contribution >= 4 is 12.4 Å². The smallest absolute Gasteiger partial charge is 0.229 e. The van der Waals surface area contributed by atoms with E-state index in [2.05, 4.69) is 15.5 Å². The molecule has 0 bridgehead atoms. The monoisotopic (exact) mass is 257 g/mol. The normalized spacial score (nSPS) is 25.8. The molecule has 96 valence electrons. The van der Waals surface area contributed by atoms with Gasteiger partial charge in [0.05, 0.1) is 0 Å². The van der Waals surface area contributed by atoms with Crippen molar-refractivity contribution in [2.75, 3.05) is 13.1 Å². The van der Waals surface area contributed by atoms with Gasteiger partial charge in [-0.3, -0.25) is 0 Å². The molecular weight excluding hydrogens is 238 g/mol. The molecule has 2 fully saturated rings. The first kappa shape index (κ1) is 12.8. The Balaban J connectivity index is 0.00000108. The van der Waals surface area contributed by atoms with Gasteiger partial charge in [-0.05, 0) is 32.2 Å². The average Bonchev–Trinajstić information content (AvgIpc) is 3.01. The Labute approximate surface area is 108 Å². The van der Waals surface area contributed by atoms with Crippen LogP contribution in [0.2, 0.25) is 0 Å². The Bertz CT molecular complexity index is 343. The fourth-order valence-corrected chi connectivity index (χ4v) is 2.82. The number of aromatic nitrogens is 2. The zero-order valence-electron chi connectivity index (χ0n) is 10.0. The summed E-state index contributed by atoms with van der Waals surface area (Å²) in [5.74, 6) is 2.82. The van der Waals surface area contributed by atoms with Crippen LogP contribution in [0.4, 0.5) is 0 Å². The maximum atomic E-state index is 5.41. The van der Waals surface area contributed by atoms with Crippen molar-refractivity contribution in [3.63, 3.8) is 0 Å². The van der Waals surface area contributed by atoms with E-state index in [4.69, 9.17) is 4.52 Å². The van der Waals surface area contributed by atoms with Gasteiger partial charge in [0.1, 0.15) is 0 Å². The Morgan fingerprint density at radius 3 is 2.53 bits per heavy atom. The van der Waals surface area contributed by atoms with Crippen LogP contribution in [-0.4, -0.2) is 23.2 Å². The van der Waals surface area contributed by atoms with E-state index in [1.54, 1.807) is 0 Å². The van der Waals surface area contributed by atoms with Crippen molar-refractivity contribution in [2.24, 2.45) is 0 Å². The van der Waals surface area contributed by atoms with E-state index in [-0.39, 0.29) is 12.4 Å². The lowest BCUT2D eigenvalue weighted by atomic mass is 9.99. The third-order valence-electron chi connectivity index (χ3n) is 3.82. The highest BCUT2D eigenvalue weighted by atomic mass is 35.5. The number of halogens is 1. The van der Waals surface area contributed by atoms with Gasteiger partial charge >= 0.3 is 0 Å². The molecule has 3 rings (SSSR count). The quantitative estimate of drug-likeness (QED) is 0.885. The van der Waals surface area contributed by atoms with Gasteiger partial charge in [-0.25, -0.2) is 0 Å². The zero-order chi connectivity index (χ0) is 10.8. The third kappa shape index (κ3) is 2.80. The SMILES string of the molecule is C1CNCC(c2noc(C3CCCC3)n2)C1.Cl. The molecule has 1 unspecified atom stereocenters. The summed E-state index contributed by atoms with van der Waals surface area (Å²) in [4.78, 5) is 4.60. The minimum absolute atomic E-state index is 0. The highest BCUT2D eigenvalue weighted by Crippen LogP contribution is 2.33. The predicted octanol–water partition coefficient (Wildman–Crippen LogP) is 2.62. The van der Waals surface area contributed by atoms with Crippen LogP contribution in [0.15, 0.2) is 4.52 Å².